The Balaban J connectivity index is 1.44. The second-order valence-electron chi connectivity index (χ2n) is 11.7. The van der Waals surface area contributed by atoms with Gasteiger partial charge in [-0.05, 0) is 78.3 Å². The maximum absolute atomic E-state index is 6.25. The molecule has 1 unspecified atom stereocenters. The van der Waals surface area contributed by atoms with Crippen LogP contribution in [0.25, 0.3) is 0 Å². The Morgan fingerprint density at radius 3 is 2.12 bits per heavy atom. The molecule has 2 aromatic rings. The van der Waals surface area contributed by atoms with Crippen LogP contribution in [-0.2, 0) is 15.6 Å². The van der Waals surface area contributed by atoms with Gasteiger partial charge >= 0.3 is 0 Å². The van der Waals surface area contributed by atoms with Crippen molar-refractivity contribution in [3.05, 3.63) is 59.7 Å². The van der Waals surface area contributed by atoms with Crippen LogP contribution in [0.5, 0.6) is 5.75 Å². The monoisotopic (exact) mass is 449 g/mol. The van der Waals surface area contributed by atoms with Crippen molar-refractivity contribution >= 4 is 5.69 Å². The summed E-state index contributed by atoms with van der Waals surface area (Å²) in [6, 6.07) is 18.4. The van der Waals surface area contributed by atoms with Crippen molar-refractivity contribution in [3.63, 3.8) is 0 Å². The number of anilines is 1. The zero-order chi connectivity index (χ0) is 23.5. The predicted octanol–water partition coefficient (Wildman–Crippen LogP) is 7.27. The molecule has 0 amide bonds. The van der Waals surface area contributed by atoms with Gasteiger partial charge in [-0.25, -0.2) is 0 Å². The van der Waals surface area contributed by atoms with Crippen molar-refractivity contribution < 1.29 is 9.47 Å². The third-order valence-electron chi connectivity index (χ3n) is 7.53. The van der Waals surface area contributed by atoms with Gasteiger partial charge in [0.2, 0.25) is 0 Å². The smallest absolute Gasteiger partial charge is 0.119 e. The van der Waals surface area contributed by atoms with E-state index < -0.39 is 0 Å². The van der Waals surface area contributed by atoms with Gasteiger partial charge in [0.15, 0.2) is 0 Å². The lowest BCUT2D eigenvalue weighted by molar-refractivity contribution is 0.0852. The topological polar surface area (TPSA) is 21.7 Å². The Hall–Kier alpha value is -2.00. The number of hydrogen-bond acceptors (Lipinski definition) is 3. The van der Waals surface area contributed by atoms with Crippen molar-refractivity contribution in [1.29, 1.82) is 0 Å². The van der Waals surface area contributed by atoms with E-state index in [0.717, 1.165) is 31.9 Å². The highest BCUT2D eigenvalue weighted by Gasteiger charge is 2.31. The van der Waals surface area contributed by atoms with Gasteiger partial charge < -0.3 is 14.4 Å². The molecule has 2 aliphatic rings. The van der Waals surface area contributed by atoms with E-state index in [9.17, 15) is 0 Å². The standard InChI is InChI=1S/C30H43NO2/c1-29(2,3)23-11-15-25(16-12-23)31-19-20-32-22-26(31)21-30(4,5)24-13-17-28(18-14-24)33-27-9-7-6-8-10-27/h11-18,26-27H,6-10,19-22H2,1-5H3. The van der Waals surface area contributed by atoms with Gasteiger partial charge in [-0.3, -0.25) is 0 Å². The molecule has 0 bridgehead atoms. The molecule has 1 saturated carbocycles. The van der Waals surface area contributed by atoms with Gasteiger partial charge in [-0.2, -0.15) is 0 Å². The molecule has 1 aliphatic carbocycles. The highest BCUT2D eigenvalue weighted by atomic mass is 16.5. The summed E-state index contributed by atoms with van der Waals surface area (Å²) in [7, 11) is 0. The van der Waals surface area contributed by atoms with Crippen LogP contribution in [0, 0.1) is 0 Å². The van der Waals surface area contributed by atoms with Crippen molar-refractivity contribution in [3.8, 4) is 5.75 Å². The van der Waals surface area contributed by atoms with Crippen LogP contribution in [0.4, 0.5) is 5.69 Å². The van der Waals surface area contributed by atoms with Crippen LogP contribution in [0.2, 0.25) is 0 Å². The first-order valence-electron chi connectivity index (χ1n) is 12.9. The van der Waals surface area contributed by atoms with E-state index in [2.05, 4.69) is 88.0 Å². The predicted molar refractivity (Wildman–Crippen MR) is 139 cm³/mol. The van der Waals surface area contributed by atoms with Gasteiger partial charge in [0.1, 0.15) is 5.75 Å². The Kier molecular flexibility index (Phi) is 7.38. The second-order valence-corrected chi connectivity index (χ2v) is 11.7. The van der Waals surface area contributed by atoms with Crippen LogP contribution in [0.1, 0.15) is 84.3 Å². The van der Waals surface area contributed by atoms with Gasteiger partial charge in [-0.1, -0.05) is 65.3 Å². The van der Waals surface area contributed by atoms with Gasteiger partial charge in [0.05, 0.1) is 25.4 Å². The van der Waals surface area contributed by atoms with Gasteiger partial charge in [-0.15, -0.1) is 0 Å². The number of nitrogens with zero attached hydrogens (tertiary/aromatic N) is 1. The fourth-order valence-electron chi connectivity index (χ4n) is 5.38. The highest BCUT2D eigenvalue weighted by Crippen LogP contribution is 2.35. The van der Waals surface area contributed by atoms with E-state index in [4.69, 9.17) is 9.47 Å². The quantitative estimate of drug-likeness (QED) is 0.463. The molecule has 2 aromatic carbocycles. The summed E-state index contributed by atoms with van der Waals surface area (Å²) in [4.78, 5) is 2.55. The molecule has 0 radical (unpaired) electrons. The fourth-order valence-corrected chi connectivity index (χ4v) is 5.38. The number of rotatable bonds is 6. The summed E-state index contributed by atoms with van der Waals surface area (Å²) < 4.78 is 12.2. The summed E-state index contributed by atoms with van der Waals surface area (Å²) in [5, 5.41) is 0. The summed E-state index contributed by atoms with van der Waals surface area (Å²) in [6.07, 6.45) is 7.80. The maximum Gasteiger partial charge on any atom is 0.119 e. The van der Waals surface area contributed by atoms with E-state index in [1.54, 1.807) is 0 Å². The fraction of sp³-hybridized carbons (Fsp3) is 0.600. The van der Waals surface area contributed by atoms with E-state index >= 15 is 0 Å². The average molecular weight is 450 g/mol. The lowest BCUT2D eigenvalue weighted by atomic mass is 9.78. The minimum absolute atomic E-state index is 0.0539. The van der Waals surface area contributed by atoms with E-state index in [0.29, 0.717) is 12.1 Å². The SMILES string of the molecule is CC(C)(C)c1ccc(N2CCOCC2CC(C)(C)c2ccc(OC3CCCCC3)cc2)cc1. The van der Waals surface area contributed by atoms with Crippen LogP contribution < -0.4 is 9.64 Å². The number of benzene rings is 2. The minimum Gasteiger partial charge on any atom is -0.490 e. The van der Waals surface area contributed by atoms with Crippen LogP contribution >= 0.6 is 0 Å². The van der Waals surface area contributed by atoms with Crippen LogP contribution in [-0.4, -0.2) is 31.9 Å². The van der Waals surface area contributed by atoms with Crippen molar-refractivity contribution in [2.75, 3.05) is 24.7 Å². The molecular formula is C30H43NO2. The van der Waals surface area contributed by atoms with E-state index in [1.807, 2.05) is 0 Å². The molecule has 0 spiro atoms. The summed E-state index contributed by atoms with van der Waals surface area (Å²) in [6.45, 7) is 14.1. The molecule has 4 rings (SSSR count). The van der Waals surface area contributed by atoms with Crippen LogP contribution in [0.15, 0.2) is 48.5 Å². The van der Waals surface area contributed by atoms with Crippen molar-refractivity contribution in [1.82, 2.24) is 0 Å². The molecular weight excluding hydrogens is 406 g/mol. The Bertz CT molecular complexity index is 873. The molecule has 3 nitrogen and oxygen atoms in total. The molecule has 0 N–H and O–H groups in total. The first kappa shape index (κ1) is 24.1. The molecule has 1 saturated heterocycles. The van der Waals surface area contributed by atoms with Crippen LogP contribution in [0.3, 0.4) is 0 Å². The highest BCUT2D eigenvalue weighted by molar-refractivity contribution is 5.50. The van der Waals surface area contributed by atoms with Gasteiger partial charge in [0, 0.05) is 12.2 Å². The zero-order valence-corrected chi connectivity index (χ0v) is 21.4. The van der Waals surface area contributed by atoms with E-state index in [-0.39, 0.29) is 10.8 Å². The van der Waals surface area contributed by atoms with Crippen molar-refractivity contribution in [2.24, 2.45) is 0 Å². The Morgan fingerprint density at radius 2 is 1.48 bits per heavy atom. The largest absolute Gasteiger partial charge is 0.490 e. The second kappa shape index (κ2) is 10.1. The summed E-state index contributed by atoms with van der Waals surface area (Å²) >= 11 is 0. The molecule has 180 valence electrons. The average Bonchev–Trinajstić information content (AvgIpc) is 2.80. The molecule has 1 atom stereocenters. The number of morpholine rings is 1. The number of hydrogen-bond donors (Lipinski definition) is 0. The third-order valence-corrected chi connectivity index (χ3v) is 7.53. The summed E-state index contributed by atoms with van der Waals surface area (Å²) in [5.74, 6) is 1.02. The lowest BCUT2D eigenvalue weighted by Crippen LogP contribution is -2.48. The third kappa shape index (κ3) is 6.12. The lowest BCUT2D eigenvalue weighted by Gasteiger charge is -2.41. The summed E-state index contributed by atoms with van der Waals surface area (Å²) in [5.41, 5.74) is 4.29. The first-order chi connectivity index (χ1) is 15.7. The molecule has 33 heavy (non-hydrogen) atoms. The maximum atomic E-state index is 6.25. The molecule has 2 fully saturated rings. The zero-order valence-electron chi connectivity index (χ0n) is 21.4. The number of ether oxygens (including phenoxy) is 2. The Labute approximate surface area is 201 Å². The normalized spacial score (nSPS) is 20.6. The molecule has 1 aliphatic heterocycles. The van der Waals surface area contributed by atoms with E-state index in [1.165, 1.54) is 48.9 Å². The minimum atomic E-state index is 0.0539. The van der Waals surface area contributed by atoms with Crippen molar-refractivity contribution in [2.45, 2.75) is 96.1 Å². The van der Waals surface area contributed by atoms with Gasteiger partial charge in [0.25, 0.3) is 0 Å². The molecule has 0 aromatic heterocycles. The Morgan fingerprint density at radius 1 is 0.848 bits per heavy atom. The molecule has 1 heterocycles. The first-order valence-corrected chi connectivity index (χ1v) is 12.9. The molecule has 3 heteroatoms.